The van der Waals surface area contributed by atoms with Gasteiger partial charge in [0.25, 0.3) is 0 Å². The summed E-state index contributed by atoms with van der Waals surface area (Å²) in [5, 5.41) is 3.02. The molecule has 0 spiro atoms. The van der Waals surface area contributed by atoms with Crippen LogP contribution in [0.15, 0.2) is 24.3 Å². The van der Waals surface area contributed by atoms with Crippen molar-refractivity contribution in [1.82, 2.24) is 10.2 Å². The van der Waals surface area contributed by atoms with E-state index in [-0.39, 0.29) is 17.9 Å². The minimum absolute atomic E-state index is 0.0454. The van der Waals surface area contributed by atoms with Crippen LogP contribution in [0.25, 0.3) is 0 Å². The number of amides is 2. The molecule has 126 valence electrons. The summed E-state index contributed by atoms with van der Waals surface area (Å²) in [6.07, 6.45) is 3.41. The van der Waals surface area contributed by atoms with Crippen LogP contribution >= 0.6 is 0 Å². The second-order valence-electron chi connectivity index (χ2n) is 6.07. The number of nitrogens with zero attached hydrogens (tertiary/aromatic N) is 1. The molecule has 0 aromatic heterocycles. The highest BCUT2D eigenvalue weighted by atomic mass is 16.5. The van der Waals surface area contributed by atoms with Gasteiger partial charge in [0, 0.05) is 32.5 Å². The van der Waals surface area contributed by atoms with Crippen LogP contribution in [0.4, 0.5) is 0 Å². The Hall–Kier alpha value is -2.04. The zero-order valence-electron chi connectivity index (χ0n) is 14.0. The molecule has 0 aliphatic carbocycles. The van der Waals surface area contributed by atoms with E-state index in [0.29, 0.717) is 25.8 Å². The SMILES string of the molecule is CCCOc1ccc(CCC(=O)NC2CCC(=O)N(C)C2)cc1. The summed E-state index contributed by atoms with van der Waals surface area (Å²) in [5.74, 6) is 1.07. The van der Waals surface area contributed by atoms with Gasteiger partial charge < -0.3 is 15.0 Å². The average molecular weight is 318 g/mol. The van der Waals surface area contributed by atoms with E-state index >= 15 is 0 Å². The van der Waals surface area contributed by atoms with Gasteiger partial charge in [0.05, 0.1) is 6.61 Å². The number of likely N-dealkylation sites (tertiary alicyclic amines) is 1. The van der Waals surface area contributed by atoms with Gasteiger partial charge in [-0.2, -0.15) is 0 Å². The molecule has 1 aromatic rings. The molecule has 1 aliphatic rings. The Morgan fingerprint density at radius 1 is 1.35 bits per heavy atom. The number of piperidine rings is 1. The van der Waals surface area contributed by atoms with Crippen LogP contribution in [-0.2, 0) is 16.0 Å². The third-order valence-electron chi connectivity index (χ3n) is 4.03. The van der Waals surface area contributed by atoms with Crippen molar-refractivity contribution in [3.63, 3.8) is 0 Å². The second kappa shape index (κ2) is 8.56. The van der Waals surface area contributed by atoms with Crippen molar-refractivity contribution in [2.45, 2.75) is 45.1 Å². The maximum atomic E-state index is 12.0. The molecular weight excluding hydrogens is 292 g/mol. The summed E-state index contributed by atoms with van der Waals surface area (Å²) in [6.45, 7) is 3.40. The van der Waals surface area contributed by atoms with E-state index in [0.717, 1.165) is 30.8 Å². The van der Waals surface area contributed by atoms with Crippen LogP contribution in [0.2, 0.25) is 0 Å². The Balaban J connectivity index is 1.72. The lowest BCUT2D eigenvalue weighted by Crippen LogP contribution is -2.48. The Kier molecular flexibility index (Phi) is 6.44. The van der Waals surface area contributed by atoms with E-state index < -0.39 is 0 Å². The Morgan fingerprint density at radius 3 is 2.74 bits per heavy atom. The van der Waals surface area contributed by atoms with E-state index in [1.54, 1.807) is 11.9 Å². The van der Waals surface area contributed by atoms with E-state index in [1.807, 2.05) is 24.3 Å². The molecule has 2 amide bonds. The Bertz CT molecular complexity index is 528. The Labute approximate surface area is 138 Å². The van der Waals surface area contributed by atoms with Gasteiger partial charge >= 0.3 is 0 Å². The fourth-order valence-corrected chi connectivity index (χ4v) is 2.66. The van der Waals surface area contributed by atoms with Crippen LogP contribution < -0.4 is 10.1 Å². The number of rotatable bonds is 7. The van der Waals surface area contributed by atoms with Crippen molar-refractivity contribution >= 4 is 11.8 Å². The number of nitrogens with one attached hydrogen (secondary N) is 1. The van der Waals surface area contributed by atoms with Crippen LogP contribution in [0, 0.1) is 0 Å². The highest BCUT2D eigenvalue weighted by Crippen LogP contribution is 2.14. The molecule has 1 N–H and O–H groups in total. The summed E-state index contributed by atoms with van der Waals surface area (Å²) in [5.41, 5.74) is 1.12. The topological polar surface area (TPSA) is 58.6 Å². The maximum absolute atomic E-state index is 12.0. The van der Waals surface area contributed by atoms with Gasteiger partial charge in [-0.25, -0.2) is 0 Å². The number of aryl methyl sites for hydroxylation is 1. The largest absolute Gasteiger partial charge is 0.494 e. The summed E-state index contributed by atoms with van der Waals surface area (Å²) in [6, 6.07) is 7.99. The first-order valence-electron chi connectivity index (χ1n) is 8.33. The van der Waals surface area contributed by atoms with Crippen molar-refractivity contribution in [3.8, 4) is 5.75 Å². The molecule has 23 heavy (non-hydrogen) atoms. The minimum atomic E-state index is 0.0454. The lowest BCUT2D eigenvalue weighted by atomic mass is 10.0. The zero-order valence-corrected chi connectivity index (χ0v) is 14.0. The van der Waals surface area contributed by atoms with E-state index in [1.165, 1.54) is 0 Å². The zero-order chi connectivity index (χ0) is 16.7. The third-order valence-corrected chi connectivity index (χ3v) is 4.03. The lowest BCUT2D eigenvalue weighted by Gasteiger charge is -2.30. The van der Waals surface area contributed by atoms with Gasteiger partial charge in [-0.1, -0.05) is 19.1 Å². The number of hydrogen-bond donors (Lipinski definition) is 1. The number of hydrogen-bond acceptors (Lipinski definition) is 3. The molecule has 1 unspecified atom stereocenters. The molecule has 1 atom stereocenters. The molecule has 0 saturated carbocycles. The van der Waals surface area contributed by atoms with Crippen molar-refractivity contribution in [2.75, 3.05) is 20.2 Å². The molecule has 1 aromatic carbocycles. The normalized spacial score (nSPS) is 17.9. The highest BCUT2D eigenvalue weighted by Gasteiger charge is 2.23. The molecule has 2 rings (SSSR count). The summed E-state index contributed by atoms with van der Waals surface area (Å²) >= 11 is 0. The summed E-state index contributed by atoms with van der Waals surface area (Å²) in [4.78, 5) is 25.2. The van der Waals surface area contributed by atoms with Crippen molar-refractivity contribution in [2.24, 2.45) is 0 Å². The molecule has 5 nitrogen and oxygen atoms in total. The van der Waals surface area contributed by atoms with Crippen LogP contribution in [0.1, 0.15) is 38.2 Å². The molecule has 1 heterocycles. The standard InChI is InChI=1S/C18H26N2O3/c1-3-12-23-16-8-4-14(5-9-16)6-10-17(21)19-15-7-11-18(22)20(2)13-15/h4-5,8-9,15H,3,6-7,10-13H2,1-2H3,(H,19,21). The molecule has 0 bridgehead atoms. The Morgan fingerprint density at radius 2 is 2.09 bits per heavy atom. The van der Waals surface area contributed by atoms with Gasteiger partial charge in [-0.3, -0.25) is 9.59 Å². The maximum Gasteiger partial charge on any atom is 0.222 e. The molecule has 5 heteroatoms. The predicted molar refractivity (Wildman–Crippen MR) is 89.4 cm³/mol. The van der Waals surface area contributed by atoms with E-state index in [4.69, 9.17) is 4.74 Å². The van der Waals surface area contributed by atoms with Gasteiger partial charge in [0.2, 0.25) is 11.8 Å². The van der Waals surface area contributed by atoms with Crippen molar-refractivity contribution < 1.29 is 14.3 Å². The van der Waals surface area contributed by atoms with Gasteiger partial charge in [0.1, 0.15) is 5.75 Å². The fourth-order valence-electron chi connectivity index (χ4n) is 2.66. The molecule has 1 aliphatic heterocycles. The smallest absolute Gasteiger partial charge is 0.222 e. The fraction of sp³-hybridized carbons (Fsp3) is 0.556. The number of ether oxygens (including phenoxy) is 1. The minimum Gasteiger partial charge on any atom is -0.494 e. The number of carbonyl (C=O) groups is 2. The summed E-state index contributed by atoms with van der Waals surface area (Å²) < 4.78 is 5.54. The van der Waals surface area contributed by atoms with Crippen LogP contribution in [-0.4, -0.2) is 43.0 Å². The second-order valence-corrected chi connectivity index (χ2v) is 6.07. The first-order valence-corrected chi connectivity index (χ1v) is 8.33. The molecule has 1 fully saturated rings. The molecular formula is C18H26N2O3. The van der Waals surface area contributed by atoms with Crippen molar-refractivity contribution in [1.29, 1.82) is 0 Å². The first kappa shape index (κ1) is 17.3. The molecule has 0 radical (unpaired) electrons. The summed E-state index contributed by atoms with van der Waals surface area (Å²) in [7, 11) is 1.78. The first-order chi connectivity index (χ1) is 11.1. The van der Waals surface area contributed by atoms with Gasteiger partial charge in [-0.05, 0) is 37.0 Å². The average Bonchev–Trinajstić information content (AvgIpc) is 2.55. The van der Waals surface area contributed by atoms with Crippen molar-refractivity contribution in [3.05, 3.63) is 29.8 Å². The quantitative estimate of drug-likeness (QED) is 0.838. The van der Waals surface area contributed by atoms with E-state index in [2.05, 4.69) is 12.2 Å². The third kappa shape index (κ3) is 5.58. The highest BCUT2D eigenvalue weighted by molar-refractivity contribution is 5.79. The van der Waals surface area contributed by atoms with Crippen LogP contribution in [0.3, 0.4) is 0 Å². The molecule has 1 saturated heterocycles. The van der Waals surface area contributed by atoms with Gasteiger partial charge in [0.15, 0.2) is 0 Å². The van der Waals surface area contributed by atoms with E-state index in [9.17, 15) is 9.59 Å². The lowest BCUT2D eigenvalue weighted by molar-refractivity contribution is -0.134. The number of likely N-dealkylation sites (N-methyl/N-ethyl adjacent to an activating group) is 1. The monoisotopic (exact) mass is 318 g/mol. The van der Waals surface area contributed by atoms with Gasteiger partial charge in [-0.15, -0.1) is 0 Å². The number of benzene rings is 1. The van der Waals surface area contributed by atoms with Crippen LogP contribution in [0.5, 0.6) is 5.75 Å². The number of carbonyl (C=O) groups excluding carboxylic acids is 2. The predicted octanol–water partition coefficient (Wildman–Crippen LogP) is 2.14.